The van der Waals surface area contributed by atoms with Crippen LogP contribution >= 0.6 is 11.6 Å². The molecule has 0 aliphatic heterocycles. The third-order valence-corrected chi connectivity index (χ3v) is 2.87. The molecule has 0 atom stereocenters. The number of nitrogen functional groups attached to an aromatic ring is 1. The van der Waals surface area contributed by atoms with E-state index in [4.69, 9.17) is 17.3 Å². The van der Waals surface area contributed by atoms with Crippen molar-refractivity contribution in [2.24, 2.45) is 0 Å². The predicted octanol–water partition coefficient (Wildman–Crippen LogP) is 2.63. The van der Waals surface area contributed by atoms with Crippen LogP contribution in [0.5, 0.6) is 0 Å². The smallest absolute Gasteiger partial charge is 0.162 e. The summed E-state index contributed by atoms with van der Waals surface area (Å²) in [4.78, 5) is 4.28. The average molecular weight is 245 g/mol. The lowest BCUT2D eigenvalue weighted by Gasteiger charge is -2.01. The largest absolute Gasteiger partial charge is 0.396 e. The molecule has 0 unspecified atom stereocenters. The number of nitrogens with two attached hydrogens (primary N) is 1. The maximum Gasteiger partial charge on any atom is 0.162 e. The van der Waals surface area contributed by atoms with E-state index in [9.17, 15) is 0 Å². The Labute approximate surface area is 103 Å². The van der Waals surface area contributed by atoms with Gasteiger partial charge in [-0.3, -0.25) is 0 Å². The molecule has 0 aliphatic rings. The van der Waals surface area contributed by atoms with Gasteiger partial charge in [0.1, 0.15) is 0 Å². The van der Waals surface area contributed by atoms with Crippen molar-refractivity contribution >= 4 is 22.9 Å². The Morgan fingerprint density at radius 3 is 2.76 bits per heavy atom. The van der Waals surface area contributed by atoms with E-state index >= 15 is 0 Å². The van der Waals surface area contributed by atoms with Gasteiger partial charge in [-0.25, -0.2) is 9.50 Å². The Kier molecular flexibility index (Phi) is 2.23. The van der Waals surface area contributed by atoms with Gasteiger partial charge >= 0.3 is 0 Å². The fraction of sp³-hybridized carbons (Fsp3) is 0. The first-order valence-corrected chi connectivity index (χ1v) is 5.47. The second kappa shape index (κ2) is 3.75. The van der Waals surface area contributed by atoms with Gasteiger partial charge in [0.2, 0.25) is 0 Å². The number of aromatic nitrogens is 3. The Balaban J connectivity index is 2.29. The Morgan fingerprint density at radius 1 is 1.12 bits per heavy atom. The molecule has 0 fully saturated rings. The van der Waals surface area contributed by atoms with Crippen LogP contribution in [-0.4, -0.2) is 14.6 Å². The molecule has 0 saturated carbocycles. The molecule has 2 N–H and O–H groups in total. The fourth-order valence-electron chi connectivity index (χ4n) is 1.76. The van der Waals surface area contributed by atoms with E-state index in [0.29, 0.717) is 10.7 Å². The highest BCUT2D eigenvalue weighted by Gasteiger charge is 2.10. The van der Waals surface area contributed by atoms with E-state index in [1.165, 1.54) is 0 Å². The molecule has 0 saturated heterocycles. The van der Waals surface area contributed by atoms with E-state index in [-0.39, 0.29) is 0 Å². The van der Waals surface area contributed by atoms with Crippen molar-refractivity contribution in [3.63, 3.8) is 0 Å². The van der Waals surface area contributed by atoms with Gasteiger partial charge in [-0.1, -0.05) is 29.8 Å². The quantitative estimate of drug-likeness (QED) is 0.716. The van der Waals surface area contributed by atoms with Crippen LogP contribution < -0.4 is 5.73 Å². The van der Waals surface area contributed by atoms with Crippen molar-refractivity contribution in [1.29, 1.82) is 0 Å². The third kappa shape index (κ3) is 1.62. The second-order valence-corrected chi connectivity index (χ2v) is 4.10. The summed E-state index contributed by atoms with van der Waals surface area (Å²) in [5.74, 6) is 0. The summed E-state index contributed by atoms with van der Waals surface area (Å²) < 4.78 is 1.65. The molecular weight excluding hydrogens is 236 g/mol. The lowest BCUT2D eigenvalue weighted by molar-refractivity contribution is 0.942. The number of halogens is 1. The molecule has 0 bridgehead atoms. The maximum absolute atomic E-state index is 6.16. The van der Waals surface area contributed by atoms with Crippen LogP contribution in [0.3, 0.4) is 0 Å². The lowest BCUT2D eigenvalue weighted by Crippen LogP contribution is -1.94. The highest BCUT2D eigenvalue weighted by atomic mass is 35.5. The summed E-state index contributed by atoms with van der Waals surface area (Å²) in [5.41, 5.74) is 8.79. The average Bonchev–Trinajstić information content (AvgIpc) is 2.72. The van der Waals surface area contributed by atoms with Gasteiger partial charge in [-0.2, -0.15) is 5.10 Å². The normalized spacial score (nSPS) is 10.9. The van der Waals surface area contributed by atoms with E-state index in [2.05, 4.69) is 10.1 Å². The van der Waals surface area contributed by atoms with Gasteiger partial charge in [0, 0.05) is 16.1 Å². The molecule has 4 nitrogen and oxygen atoms in total. The molecular formula is C12H9ClN4. The predicted molar refractivity (Wildman–Crippen MR) is 67.8 cm³/mol. The minimum atomic E-state index is 0.575. The Morgan fingerprint density at radius 2 is 1.94 bits per heavy atom. The van der Waals surface area contributed by atoms with Crippen molar-refractivity contribution < 1.29 is 0 Å². The van der Waals surface area contributed by atoms with Crippen molar-refractivity contribution in [2.45, 2.75) is 0 Å². The third-order valence-electron chi connectivity index (χ3n) is 2.54. The molecule has 5 heteroatoms. The zero-order chi connectivity index (χ0) is 11.8. The molecule has 2 aromatic heterocycles. The van der Waals surface area contributed by atoms with Crippen molar-refractivity contribution in [1.82, 2.24) is 14.6 Å². The number of anilines is 1. The van der Waals surface area contributed by atoms with E-state index in [1.807, 2.05) is 24.3 Å². The molecule has 0 amide bonds. The molecule has 3 rings (SSSR count). The monoisotopic (exact) mass is 244 g/mol. The summed E-state index contributed by atoms with van der Waals surface area (Å²) in [6.45, 7) is 0. The van der Waals surface area contributed by atoms with Crippen LogP contribution in [0.2, 0.25) is 5.02 Å². The zero-order valence-corrected chi connectivity index (χ0v) is 9.59. The van der Waals surface area contributed by atoms with Crippen molar-refractivity contribution in [3.05, 3.63) is 47.9 Å². The van der Waals surface area contributed by atoms with E-state index < -0.39 is 0 Å². The molecule has 0 radical (unpaired) electrons. The molecule has 0 aliphatic carbocycles. The summed E-state index contributed by atoms with van der Waals surface area (Å²) in [7, 11) is 0. The molecule has 17 heavy (non-hydrogen) atoms. The summed E-state index contributed by atoms with van der Waals surface area (Å²) >= 11 is 6.16. The first-order valence-electron chi connectivity index (χ1n) is 5.09. The molecule has 3 aromatic rings. The molecule has 1 aromatic carbocycles. The Hall–Kier alpha value is -2.07. The topological polar surface area (TPSA) is 56.2 Å². The minimum absolute atomic E-state index is 0.575. The summed E-state index contributed by atoms with van der Waals surface area (Å²) in [5, 5.41) is 4.89. The Bertz CT molecular complexity index is 690. The van der Waals surface area contributed by atoms with Gasteiger partial charge in [-0.05, 0) is 6.07 Å². The molecule has 2 heterocycles. The zero-order valence-electron chi connectivity index (χ0n) is 8.84. The van der Waals surface area contributed by atoms with Crippen molar-refractivity contribution in [3.8, 4) is 11.1 Å². The van der Waals surface area contributed by atoms with Gasteiger partial charge in [0.25, 0.3) is 0 Å². The van der Waals surface area contributed by atoms with Gasteiger partial charge < -0.3 is 5.73 Å². The number of hydrogen-bond acceptors (Lipinski definition) is 3. The van der Waals surface area contributed by atoms with Crippen LogP contribution in [0.1, 0.15) is 0 Å². The molecule has 84 valence electrons. The van der Waals surface area contributed by atoms with Crippen LogP contribution in [0.4, 0.5) is 5.69 Å². The number of hydrogen-bond donors (Lipinski definition) is 1. The minimum Gasteiger partial charge on any atom is -0.396 e. The number of rotatable bonds is 1. The highest BCUT2D eigenvalue weighted by molar-refractivity contribution is 6.33. The van der Waals surface area contributed by atoms with Gasteiger partial charge in [0.15, 0.2) is 5.65 Å². The molecule has 0 spiro atoms. The van der Waals surface area contributed by atoms with Gasteiger partial charge in [-0.15, -0.1) is 0 Å². The van der Waals surface area contributed by atoms with E-state index in [0.717, 1.165) is 16.8 Å². The number of fused-ring (bicyclic) bond motifs is 1. The second-order valence-electron chi connectivity index (χ2n) is 3.69. The van der Waals surface area contributed by atoms with E-state index in [1.54, 1.807) is 23.1 Å². The first kappa shape index (κ1) is 10.1. The standard InChI is InChI=1S/C12H9ClN4/c13-11-4-2-1-3-9(11)10-6-16-17-7-8(14)5-15-12(10)17/h1-7H,14H2. The van der Waals surface area contributed by atoms with Crippen LogP contribution in [0.15, 0.2) is 42.9 Å². The van der Waals surface area contributed by atoms with Crippen LogP contribution in [0.25, 0.3) is 16.8 Å². The fourth-order valence-corrected chi connectivity index (χ4v) is 2.00. The summed E-state index contributed by atoms with van der Waals surface area (Å²) in [6, 6.07) is 7.61. The summed E-state index contributed by atoms with van der Waals surface area (Å²) in [6.07, 6.45) is 5.07. The first-order chi connectivity index (χ1) is 8.25. The maximum atomic E-state index is 6.16. The van der Waals surface area contributed by atoms with Gasteiger partial charge in [0.05, 0.1) is 24.3 Å². The van der Waals surface area contributed by atoms with Crippen LogP contribution in [-0.2, 0) is 0 Å². The lowest BCUT2D eigenvalue weighted by atomic mass is 10.1. The SMILES string of the molecule is Nc1cnc2c(-c3ccccc3Cl)cnn2c1. The van der Waals surface area contributed by atoms with Crippen molar-refractivity contribution in [2.75, 3.05) is 5.73 Å². The highest BCUT2D eigenvalue weighted by Crippen LogP contribution is 2.29. The number of benzene rings is 1. The number of nitrogens with zero attached hydrogens (tertiary/aromatic N) is 3. The van der Waals surface area contributed by atoms with Crippen LogP contribution in [0, 0.1) is 0 Å².